The third-order valence-electron chi connectivity index (χ3n) is 2.32. The Hall–Kier alpha value is -0.840. The van der Waals surface area contributed by atoms with Gasteiger partial charge in [-0.3, -0.25) is 4.98 Å². The predicted octanol–water partition coefficient (Wildman–Crippen LogP) is 2.56. The van der Waals surface area contributed by atoms with Gasteiger partial charge in [-0.05, 0) is 25.5 Å². The van der Waals surface area contributed by atoms with Crippen LogP contribution in [-0.4, -0.2) is 38.5 Å². The highest BCUT2D eigenvalue weighted by atomic mass is 35.5. The molecule has 18 heavy (non-hydrogen) atoms. The topological polar surface area (TPSA) is 40.6 Å². The van der Waals surface area contributed by atoms with Gasteiger partial charge in [0.2, 0.25) is 0 Å². The molecule has 4 nitrogen and oxygen atoms in total. The quantitative estimate of drug-likeness (QED) is 0.512. The van der Waals surface area contributed by atoms with Crippen molar-refractivity contribution in [1.82, 2.24) is 4.98 Å². The van der Waals surface area contributed by atoms with Gasteiger partial charge in [0, 0.05) is 26.0 Å². The number of halogens is 1. The first-order valence-electron chi connectivity index (χ1n) is 6.00. The molecule has 0 aliphatic carbocycles. The van der Waals surface area contributed by atoms with Crippen molar-refractivity contribution in [2.45, 2.75) is 19.2 Å². The molecule has 0 amide bonds. The van der Waals surface area contributed by atoms with E-state index in [1.54, 1.807) is 7.11 Å². The Bertz CT molecular complexity index is 347. The van der Waals surface area contributed by atoms with Crippen LogP contribution < -0.4 is 4.74 Å². The molecule has 0 aliphatic heterocycles. The van der Waals surface area contributed by atoms with Crippen molar-refractivity contribution < 1.29 is 14.2 Å². The number of nitrogens with zero attached hydrogens (tertiary/aromatic N) is 1. The zero-order valence-electron chi connectivity index (χ0n) is 10.9. The van der Waals surface area contributed by atoms with E-state index in [4.69, 9.17) is 25.8 Å². The number of aromatic nitrogens is 1. The first kappa shape index (κ1) is 15.2. The van der Waals surface area contributed by atoms with E-state index in [9.17, 15) is 0 Å². The summed E-state index contributed by atoms with van der Waals surface area (Å²) in [5.41, 5.74) is 1.71. The number of ether oxygens (including phenoxy) is 3. The molecule has 0 aromatic carbocycles. The van der Waals surface area contributed by atoms with Gasteiger partial charge in [0.25, 0.3) is 0 Å². The Morgan fingerprint density at radius 1 is 1.17 bits per heavy atom. The molecule has 5 heteroatoms. The van der Waals surface area contributed by atoms with Crippen LogP contribution in [0.4, 0.5) is 0 Å². The normalized spacial score (nSPS) is 10.6. The van der Waals surface area contributed by atoms with E-state index in [0.29, 0.717) is 25.7 Å². The van der Waals surface area contributed by atoms with Crippen molar-refractivity contribution in [3.05, 3.63) is 23.5 Å². The second-order valence-electron chi connectivity index (χ2n) is 3.84. The van der Waals surface area contributed by atoms with Crippen LogP contribution in [0.2, 0.25) is 0 Å². The van der Waals surface area contributed by atoms with Crippen molar-refractivity contribution >= 4 is 11.6 Å². The van der Waals surface area contributed by atoms with Gasteiger partial charge in [-0.2, -0.15) is 0 Å². The smallest absolute Gasteiger partial charge is 0.142 e. The van der Waals surface area contributed by atoms with Gasteiger partial charge in [0.05, 0.1) is 18.2 Å². The van der Waals surface area contributed by atoms with Crippen molar-refractivity contribution in [2.75, 3.05) is 33.5 Å². The van der Waals surface area contributed by atoms with Gasteiger partial charge in [0.1, 0.15) is 12.4 Å². The standard InChI is InChI=1S/C13H20ClNO3/c1-11-4-5-13(12(10-14)15-11)18-9-8-17-7-3-6-16-2/h4-5H,3,6-10H2,1-2H3. The molecular formula is C13H20ClNO3. The van der Waals surface area contributed by atoms with Gasteiger partial charge < -0.3 is 14.2 Å². The molecule has 0 saturated carbocycles. The molecule has 0 atom stereocenters. The van der Waals surface area contributed by atoms with Gasteiger partial charge in [-0.1, -0.05) is 0 Å². The minimum atomic E-state index is 0.353. The van der Waals surface area contributed by atoms with E-state index in [1.807, 2.05) is 19.1 Å². The summed E-state index contributed by atoms with van der Waals surface area (Å²) in [5, 5.41) is 0. The first-order valence-corrected chi connectivity index (χ1v) is 6.53. The first-order chi connectivity index (χ1) is 8.77. The molecule has 0 aliphatic rings. The molecular weight excluding hydrogens is 254 g/mol. The summed E-state index contributed by atoms with van der Waals surface area (Å²) in [6.07, 6.45) is 0.898. The average Bonchev–Trinajstić information content (AvgIpc) is 2.39. The van der Waals surface area contributed by atoms with E-state index in [0.717, 1.165) is 30.2 Å². The van der Waals surface area contributed by atoms with Crippen LogP contribution in [0.15, 0.2) is 12.1 Å². The fourth-order valence-electron chi connectivity index (χ4n) is 1.44. The molecule has 0 unspecified atom stereocenters. The SMILES string of the molecule is COCCCOCCOc1ccc(C)nc1CCl. The fourth-order valence-corrected chi connectivity index (χ4v) is 1.63. The fraction of sp³-hybridized carbons (Fsp3) is 0.615. The molecule has 1 rings (SSSR count). The lowest BCUT2D eigenvalue weighted by molar-refractivity contribution is 0.0803. The van der Waals surface area contributed by atoms with Gasteiger partial charge in [-0.15, -0.1) is 11.6 Å². The maximum atomic E-state index is 5.81. The highest BCUT2D eigenvalue weighted by Gasteiger charge is 2.04. The summed E-state index contributed by atoms with van der Waals surface area (Å²) in [5.74, 6) is 1.09. The Kier molecular flexibility index (Phi) is 7.73. The maximum absolute atomic E-state index is 5.81. The van der Waals surface area contributed by atoms with Crippen LogP contribution in [-0.2, 0) is 15.4 Å². The molecule has 0 N–H and O–H groups in total. The number of methoxy groups -OCH3 is 1. The lowest BCUT2D eigenvalue weighted by Crippen LogP contribution is -2.10. The van der Waals surface area contributed by atoms with Crippen LogP contribution in [0.3, 0.4) is 0 Å². The summed E-state index contributed by atoms with van der Waals surface area (Å²) in [4.78, 5) is 4.32. The molecule has 0 spiro atoms. The zero-order chi connectivity index (χ0) is 13.2. The second-order valence-corrected chi connectivity index (χ2v) is 4.11. The van der Waals surface area contributed by atoms with Crippen LogP contribution in [0.25, 0.3) is 0 Å². The van der Waals surface area contributed by atoms with Crippen LogP contribution in [0.1, 0.15) is 17.8 Å². The number of rotatable bonds is 9. The van der Waals surface area contributed by atoms with E-state index in [1.165, 1.54) is 0 Å². The average molecular weight is 274 g/mol. The number of hydrogen-bond acceptors (Lipinski definition) is 4. The van der Waals surface area contributed by atoms with E-state index in [2.05, 4.69) is 4.98 Å². The van der Waals surface area contributed by atoms with Gasteiger partial charge in [-0.25, -0.2) is 0 Å². The lowest BCUT2D eigenvalue weighted by atomic mass is 10.3. The minimum absolute atomic E-state index is 0.353. The largest absolute Gasteiger partial charge is 0.489 e. The van der Waals surface area contributed by atoms with Crippen LogP contribution in [0.5, 0.6) is 5.75 Å². The third-order valence-corrected chi connectivity index (χ3v) is 2.57. The number of alkyl halides is 1. The minimum Gasteiger partial charge on any atom is -0.489 e. The van der Waals surface area contributed by atoms with Gasteiger partial charge in [0.15, 0.2) is 0 Å². The maximum Gasteiger partial charge on any atom is 0.142 e. The van der Waals surface area contributed by atoms with Crippen molar-refractivity contribution in [2.24, 2.45) is 0 Å². The highest BCUT2D eigenvalue weighted by Crippen LogP contribution is 2.18. The second kappa shape index (κ2) is 9.14. The van der Waals surface area contributed by atoms with Crippen molar-refractivity contribution in [3.8, 4) is 5.75 Å². The summed E-state index contributed by atoms with van der Waals surface area (Å²) in [7, 11) is 1.68. The number of aryl methyl sites for hydroxylation is 1. The Labute approximate surface area is 113 Å². The number of hydrogen-bond donors (Lipinski definition) is 0. The summed E-state index contributed by atoms with van der Waals surface area (Å²) in [6.45, 7) is 4.39. The predicted molar refractivity (Wildman–Crippen MR) is 71.3 cm³/mol. The lowest BCUT2D eigenvalue weighted by Gasteiger charge is -2.10. The molecule has 0 saturated heterocycles. The van der Waals surface area contributed by atoms with Gasteiger partial charge >= 0.3 is 0 Å². The molecule has 1 aromatic heterocycles. The zero-order valence-corrected chi connectivity index (χ0v) is 11.7. The highest BCUT2D eigenvalue weighted by molar-refractivity contribution is 6.17. The Balaban J connectivity index is 2.22. The molecule has 1 heterocycles. The number of pyridine rings is 1. The molecule has 0 radical (unpaired) electrons. The monoisotopic (exact) mass is 273 g/mol. The molecule has 0 fully saturated rings. The van der Waals surface area contributed by atoms with Crippen LogP contribution in [0, 0.1) is 6.92 Å². The van der Waals surface area contributed by atoms with E-state index < -0.39 is 0 Å². The summed E-state index contributed by atoms with van der Waals surface area (Å²) < 4.78 is 15.9. The summed E-state index contributed by atoms with van der Waals surface area (Å²) >= 11 is 5.81. The molecule has 1 aromatic rings. The molecule has 0 bridgehead atoms. The van der Waals surface area contributed by atoms with Crippen molar-refractivity contribution in [3.63, 3.8) is 0 Å². The van der Waals surface area contributed by atoms with E-state index >= 15 is 0 Å². The van der Waals surface area contributed by atoms with Crippen LogP contribution >= 0.6 is 11.6 Å². The third kappa shape index (κ3) is 5.67. The Morgan fingerprint density at radius 3 is 2.72 bits per heavy atom. The summed E-state index contributed by atoms with van der Waals surface area (Å²) in [6, 6.07) is 3.80. The Morgan fingerprint density at radius 2 is 2.00 bits per heavy atom. The molecule has 102 valence electrons. The van der Waals surface area contributed by atoms with Crippen molar-refractivity contribution in [1.29, 1.82) is 0 Å². The van der Waals surface area contributed by atoms with E-state index in [-0.39, 0.29) is 0 Å².